The fourth-order valence-electron chi connectivity index (χ4n) is 1.72. The zero-order valence-electron chi connectivity index (χ0n) is 10.6. The minimum Gasteiger partial charge on any atom is -0.456 e. The highest BCUT2D eigenvalue weighted by Crippen LogP contribution is 2.08. The number of amides is 1. The molecule has 0 bridgehead atoms. The summed E-state index contributed by atoms with van der Waals surface area (Å²) in [6, 6.07) is 5.38. The molecule has 0 radical (unpaired) electrons. The Bertz CT molecular complexity index is 502. The summed E-state index contributed by atoms with van der Waals surface area (Å²) in [6.07, 6.45) is 4.37. The molecule has 1 atom stereocenters. The maximum absolute atomic E-state index is 11.9. The molecule has 1 N–H and O–H groups in total. The highest BCUT2D eigenvalue weighted by atomic mass is 16.3. The monoisotopic (exact) mass is 247 g/mol. The number of carbonyl (C=O) groups is 1. The van der Waals surface area contributed by atoms with E-state index in [0.717, 1.165) is 12.2 Å². The Hall–Kier alpha value is -2.04. The summed E-state index contributed by atoms with van der Waals surface area (Å²) in [5.74, 6) is 0.994. The lowest BCUT2D eigenvalue weighted by Crippen LogP contribution is -2.35. The van der Waals surface area contributed by atoms with Gasteiger partial charge in [0.25, 0.3) is 5.91 Å². The number of hydrogen-bond acceptors (Lipinski definition) is 3. The summed E-state index contributed by atoms with van der Waals surface area (Å²) in [5, 5.41) is 6.97. The zero-order chi connectivity index (χ0) is 13.0. The Morgan fingerprint density at radius 1 is 1.56 bits per heavy atom. The molecule has 0 fully saturated rings. The van der Waals surface area contributed by atoms with Crippen LogP contribution in [-0.2, 0) is 13.0 Å². The summed E-state index contributed by atoms with van der Waals surface area (Å²) in [4.78, 5) is 11.9. The highest BCUT2D eigenvalue weighted by Gasteiger charge is 2.13. The Kier molecular flexibility index (Phi) is 3.82. The molecule has 0 aliphatic carbocycles. The van der Waals surface area contributed by atoms with Gasteiger partial charge in [-0.1, -0.05) is 6.92 Å². The van der Waals surface area contributed by atoms with Crippen molar-refractivity contribution >= 4 is 5.91 Å². The van der Waals surface area contributed by atoms with Crippen molar-refractivity contribution in [3.05, 3.63) is 42.1 Å². The number of furan rings is 1. The molecule has 0 aliphatic heterocycles. The molecule has 5 nitrogen and oxygen atoms in total. The van der Waals surface area contributed by atoms with Crippen LogP contribution in [-0.4, -0.2) is 21.7 Å². The molecule has 1 amide bonds. The first-order chi connectivity index (χ1) is 8.69. The van der Waals surface area contributed by atoms with Crippen molar-refractivity contribution in [2.75, 3.05) is 0 Å². The van der Waals surface area contributed by atoms with Crippen LogP contribution in [0.4, 0.5) is 0 Å². The van der Waals surface area contributed by atoms with Crippen LogP contribution in [0.5, 0.6) is 0 Å². The van der Waals surface area contributed by atoms with E-state index in [-0.39, 0.29) is 11.9 Å². The van der Waals surface area contributed by atoms with Crippen LogP contribution in [0, 0.1) is 0 Å². The molecular formula is C13H17N3O2. The van der Waals surface area contributed by atoms with E-state index in [1.165, 1.54) is 0 Å². The Morgan fingerprint density at radius 3 is 3.00 bits per heavy atom. The third-order valence-corrected chi connectivity index (χ3v) is 2.63. The normalized spacial score (nSPS) is 12.3. The van der Waals surface area contributed by atoms with Crippen molar-refractivity contribution in [3.8, 4) is 0 Å². The number of aromatic nitrogens is 2. The second-order valence-electron chi connectivity index (χ2n) is 4.22. The van der Waals surface area contributed by atoms with Crippen molar-refractivity contribution in [1.82, 2.24) is 15.1 Å². The van der Waals surface area contributed by atoms with E-state index in [9.17, 15) is 4.79 Å². The van der Waals surface area contributed by atoms with Crippen LogP contribution >= 0.6 is 0 Å². The molecule has 2 aromatic rings. The lowest BCUT2D eigenvalue weighted by atomic mass is 10.3. The fraction of sp³-hybridized carbons (Fsp3) is 0.385. The van der Waals surface area contributed by atoms with Crippen LogP contribution in [0.2, 0.25) is 0 Å². The molecule has 0 aromatic carbocycles. The summed E-state index contributed by atoms with van der Waals surface area (Å²) in [7, 11) is 0. The molecule has 0 aliphatic rings. The topological polar surface area (TPSA) is 60.1 Å². The first-order valence-electron chi connectivity index (χ1n) is 6.06. The number of hydrogen-bond donors (Lipinski definition) is 1. The second-order valence-corrected chi connectivity index (χ2v) is 4.22. The predicted octanol–water partition coefficient (Wildman–Crippen LogP) is 1.86. The third kappa shape index (κ3) is 3.00. The maximum Gasteiger partial charge on any atom is 0.287 e. The highest BCUT2D eigenvalue weighted by molar-refractivity contribution is 5.91. The number of nitrogens with zero attached hydrogens (tertiary/aromatic N) is 2. The van der Waals surface area contributed by atoms with Crippen LogP contribution in [0.25, 0.3) is 0 Å². The quantitative estimate of drug-likeness (QED) is 0.877. The van der Waals surface area contributed by atoms with E-state index >= 15 is 0 Å². The van der Waals surface area contributed by atoms with Gasteiger partial charge in [-0.25, -0.2) is 0 Å². The van der Waals surface area contributed by atoms with Gasteiger partial charge in [-0.05, 0) is 25.1 Å². The lowest BCUT2D eigenvalue weighted by Gasteiger charge is -2.12. The van der Waals surface area contributed by atoms with E-state index in [2.05, 4.69) is 10.4 Å². The molecule has 96 valence electrons. The van der Waals surface area contributed by atoms with Gasteiger partial charge in [0.15, 0.2) is 5.76 Å². The van der Waals surface area contributed by atoms with E-state index < -0.39 is 0 Å². The molecule has 0 spiro atoms. The first kappa shape index (κ1) is 12.4. The minimum atomic E-state index is -0.186. The van der Waals surface area contributed by atoms with Crippen molar-refractivity contribution in [3.63, 3.8) is 0 Å². The number of nitrogens with one attached hydrogen (secondary N) is 1. The van der Waals surface area contributed by atoms with Gasteiger partial charge in [0.05, 0.1) is 6.54 Å². The van der Waals surface area contributed by atoms with E-state index in [4.69, 9.17) is 4.42 Å². The largest absolute Gasteiger partial charge is 0.456 e. The van der Waals surface area contributed by atoms with Crippen LogP contribution in [0.15, 0.2) is 35.0 Å². The lowest BCUT2D eigenvalue weighted by molar-refractivity contribution is 0.0906. The molecule has 0 saturated carbocycles. The minimum absolute atomic E-state index is 0.00687. The van der Waals surface area contributed by atoms with Gasteiger partial charge >= 0.3 is 0 Å². The van der Waals surface area contributed by atoms with Crippen LogP contribution in [0.1, 0.15) is 30.2 Å². The molecule has 5 heteroatoms. The summed E-state index contributed by atoms with van der Waals surface area (Å²) in [5.41, 5.74) is 0. The SMILES string of the molecule is CCc1ccc(C(=O)N[C@H](C)Cn2cccn2)o1. The Morgan fingerprint density at radius 2 is 2.39 bits per heavy atom. The standard InChI is InChI=1S/C13H17N3O2/c1-3-11-5-6-12(18-11)13(17)15-10(2)9-16-8-4-7-14-16/h4-8,10H,3,9H2,1-2H3,(H,15,17)/t10-/m1/s1. The molecule has 0 saturated heterocycles. The van der Waals surface area contributed by atoms with E-state index in [1.54, 1.807) is 16.9 Å². The average Bonchev–Trinajstić information content (AvgIpc) is 2.98. The van der Waals surface area contributed by atoms with Gasteiger partial charge in [-0.3, -0.25) is 9.48 Å². The van der Waals surface area contributed by atoms with Crippen LogP contribution in [0.3, 0.4) is 0 Å². The molecule has 18 heavy (non-hydrogen) atoms. The summed E-state index contributed by atoms with van der Waals surface area (Å²) in [6.45, 7) is 4.56. The Labute approximate surface area is 106 Å². The molecule has 2 rings (SSSR count). The summed E-state index contributed by atoms with van der Waals surface area (Å²) >= 11 is 0. The van der Waals surface area contributed by atoms with E-state index in [1.807, 2.05) is 32.2 Å². The average molecular weight is 247 g/mol. The van der Waals surface area contributed by atoms with Crippen molar-refractivity contribution in [1.29, 1.82) is 0 Å². The third-order valence-electron chi connectivity index (χ3n) is 2.63. The molecule has 2 aromatic heterocycles. The van der Waals surface area contributed by atoms with Gasteiger partial charge < -0.3 is 9.73 Å². The molecule has 0 unspecified atom stereocenters. The molecular weight excluding hydrogens is 230 g/mol. The van der Waals surface area contributed by atoms with Gasteiger partial charge in [0, 0.05) is 24.9 Å². The smallest absolute Gasteiger partial charge is 0.287 e. The van der Waals surface area contributed by atoms with E-state index in [0.29, 0.717) is 12.3 Å². The van der Waals surface area contributed by atoms with Gasteiger partial charge in [-0.2, -0.15) is 5.10 Å². The Balaban J connectivity index is 1.90. The first-order valence-corrected chi connectivity index (χ1v) is 6.06. The van der Waals surface area contributed by atoms with Crippen molar-refractivity contribution in [2.24, 2.45) is 0 Å². The zero-order valence-corrected chi connectivity index (χ0v) is 10.6. The number of rotatable bonds is 5. The van der Waals surface area contributed by atoms with Crippen molar-refractivity contribution < 1.29 is 9.21 Å². The summed E-state index contributed by atoms with van der Waals surface area (Å²) < 4.78 is 7.18. The molecule has 2 heterocycles. The van der Waals surface area contributed by atoms with Gasteiger partial charge in [0.1, 0.15) is 5.76 Å². The number of carbonyl (C=O) groups excluding carboxylic acids is 1. The van der Waals surface area contributed by atoms with Gasteiger partial charge in [-0.15, -0.1) is 0 Å². The number of aryl methyl sites for hydroxylation is 1. The van der Waals surface area contributed by atoms with Crippen LogP contribution < -0.4 is 5.32 Å². The van der Waals surface area contributed by atoms with Gasteiger partial charge in [0.2, 0.25) is 0 Å². The predicted molar refractivity (Wildman–Crippen MR) is 67.2 cm³/mol. The van der Waals surface area contributed by atoms with Crippen molar-refractivity contribution in [2.45, 2.75) is 32.9 Å². The fourth-order valence-corrected chi connectivity index (χ4v) is 1.72. The maximum atomic E-state index is 11.9. The second kappa shape index (κ2) is 5.53.